The summed E-state index contributed by atoms with van der Waals surface area (Å²) in [6.45, 7) is 3.87. The smallest absolute Gasteiger partial charge is 0.222 e. The summed E-state index contributed by atoms with van der Waals surface area (Å²) < 4.78 is 5.37. The zero-order valence-corrected chi connectivity index (χ0v) is 14.9. The maximum Gasteiger partial charge on any atom is 0.222 e. The van der Waals surface area contributed by atoms with Crippen molar-refractivity contribution < 1.29 is 9.53 Å². The van der Waals surface area contributed by atoms with E-state index >= 15 is 0 Å². The van der Waals surface area contributed by atoms with E-state index in [-0.39, 0.29) is 5.91 Å². The Kier molecular flexibility index (Phi) is 6.13. The van der Waals surface area contributed by atoms with Gasteiger partial charge in [-0.1, -0.05) is 37.5 Å². The van der Waals surface area contributed by atoms with Crippen molar-refractivity contribution in [2.24, 2.45) is 0 Å². The molecule has 3 rings (SSSR count). The number of aryl methyl sites for hydroxylation is 1. The van der Waals surface area contributed by atoms with Gasteiger partial charge in [-0.3, -0.25) is 9.69 Å². The third-order valence-electron chi connectivity index (χ3n) is 5.56. The van der Waals surface area contributed by atoms with Gasteiger partial charge in [0.1, 0.15) is 5.75 Å². The molecule has 2 aliphatic rings. The highest BCUT2D eigenvalue weighted by Gasteiger charge is 2.26. The number of piperazine rings is 1. The van der Waals surface area contributed by atoms with E-state index in [1.165, 1.54) is 32.1 Å². The van der Waals surface area contributed by atoms with Crippen LogP contribution in [0.25, 0.3) is 0 Å². The molecular weight excluding hydrogens is 300 g/mol. The second kappa shape index (κ2) is 8.52. The van der Waals surface area contributed by atoms with Crippen LogP contribution in [0.15, 0.2) is 24.3 Å². The minimum absolute atomic E-state index is 0.282. The SMILES string of the molecule is COc1ccccc1CCC(=O)N1CCN(C2CCCCC2)CC1. The highest BCUT2D eigenvalue weighted by molar-refractivity contribution is 5.76. The zero-order chi connectivity index (χ0) is 16.8. The molecule has 0 atom stereocenters. The van der Waals surface area contributed by atoms with Gasteiger partial charge in [-0.15, -0.1) is 0 Å². The monoisotopic (exact) mass is 330 g/mol. The van der Waals surface area contributed by atoms with Gasteiger partial charge in [0.25, 0.3) is 0 Å². The van der Waals surface area contributed by atoms with Crippen molar-refractivity contribution >= 4 is 5.91 Å². The Bertz CT molecular complexity index is 532. The van der Waals surface area contributed by atoms with Crippen molar-refractivity contribution in [1.82, 2.24) is 9.80 Å². The summed E-state index contributed by atoms with van der Waals surface area (Å²) in [6.07, 6.45) is 8.18. The molecule has 4 nitrogen and oxygen atoms in total. The number of carbonyl (C=O) groups excluding carboxylic acids is 1. The Morgan fingerprint density at radius 1 is 1.08 bits per heavy atom. The first-order valence-electron chi connectivity index (χ1n) is 9.41. The number of hydrogen-bond donors (Lipinski definition) is 0. The average Bonchev–Trinajstić information content (AvgIpc) is 2.67. The molecule has 0 aromatic heterocycles. The average molecular weight is 330 g/mol. The Morgan fingerprint density at radius 3 is 2.50 bits per heavy atom. The Morgan fingerprint density at radius 2 is 1.79 bits per heavy atom. The van der Waals surface area contributed by atoms with Crippen molar-refractivity contribution in [3.63, 3.8) is 0 Å². The lowest BCUT2D eigenvalue weighted by Crippen LogP contribution is -2.52. The molecule has 0 radical (unpaired) electrons. The fourth-order valence-corrected chi connectivity index (χ4v) is 4.09. The molecule has 1 aliphatic heterocycles. The summed E-state index contributed by atoms with van der Waals surface area (Å²) in [5.41, 5.74) is 1.12. The molecule has 24 heavy (non-hydrogen) atoms. The minimum Gasteiger partial charge on any atom is -0.496 e. The number of nitrogens with zero attached hydrogens (tertiary/aromatic N) is 2. The third-order valence-corrected chi connectivity index (χ3v) is 5.56. The van der Waals surface area contributed by atoms with E-state index in [1.54, 1.807) is 7.11 Å². The Labute approximate surface area is 145 Å². The molecule has 0 unspecified atom stereocenters. The summed E-state index contributed by atoms with van der Waals surface area (Å²) in [5.74, 6) is 1.16. The van der Waals surface area contributed by atoms with Gasteiger partial charge in [0.05, 0.1) is 7.11 Å². The third kappa shape index (κ3) is 4.29. The van der Waals surface area contributed by atoms with Crippen LogP contribution in [0.1, 0.15) is 44.1 Å². The number of benzene rings is 1. The number of ether oxygens (including phenoxy) is 1. The van der Waals surface area contributed by atoms with Gasteiger partial charge in [-0.2, -0.15) is 0 Å². The van der Waals surface area contributed by atoms with Crippen LogP contribution >= 0.6 is 0 Å². The first kappa shape index (κ1) is 17.3. The van der Waals surface area contributed by atoms with Crippen LogP contribution in [0.4, 0.5) is 0 Å². The van der Waals surface area contributed by atoms with Crippen molar-refractivity contribution in [1.29, 1.82) is 0 Å². The van der Waals surface area contributed by atoms with Gasteiger partial charge in [-0.05, 0) is 30.9 Å². The van der Waals surface area contributed by atoms with E-state index in [1.807, 2.05) is 24.3 Å². The van der Waals surface area contributed by atoms with E-state index < -0.39 is 0 Å². The largest absolute Gasteiger partial charge is 0.496 e. The molecule has 4 heteroatoms. The molecule has 1 saturated heterocycles. The van der Waals surface area contributed by atoms with Crippen LogP contribution in [0.3, 0.4) is 0 Å². The lowest BCUT2D eigenvalue weighted by atomic mass is 9.94. The van der Waals surface area contributed by atoms with Gasteiger partial charge in [0, 0.05) is 38.6 Å². The molecule has 1 aromatic carbocycles. The molecule has 1 aromatic rings. The molecule has 2 fully saturated rings. The van der Waals surface area contributed by atoms with Crippen molar-refractivity contribution in [3.8, 4) is 5.75 Å². The fourth-order valence-electron chi connectivity index (χ4n) is 4.09. The molecule has 1 amide bonds. The standard InChI is InChI=1S/C20H30N2O2/c1-24-19-10-6-5-7-17(19)11-12-20(23)22-15-13-21(14-16-22)18-8-3-2-4-9-18/h5-7,10,18H,2-4,8-9,11-16H2,1H3. The summed E-state index contributed by atoms with van der Waals surface area (Å²) in [4.78, 5) is 17.2. The number of methoxy groups -OCH3 is 1. The highest BCUT2D eigenvalue weighted by atomic mass is 16.5. The predicted octanol–water partition coefficient (Wildman–Crippen LogP) is 3.10. The van der Waals surface area contributed by atoms with Gasteiger partial charge in [0.15, 0.2) is 0 Å². The van der Waals surface area contributed by atoms with E-state index in [2.05, 4.69) is 9.80 Å². The minimum atomic E-state index is 0.282. The molecule has 1 aliphatic carbocycles. The summed E-state index contributed by atoms with van der Waals surface area (Å²) in [6, 6.07) is 8.75. The lowest BCUT2D eigenvalue weighted by Gasteiger charge is -2.40. The fraction of sp³-hybridized carbons (Fsp3) is 0.650. The first-order chi connectivity index (χ1) is 11.8. The molecule has 1 saturated carbocycles. The molecule has 0 bridgehead atoms. The van der Waals surface area contributed by atoms with Crippen molar-refractivity contribution in [2.45, 2.75) is 51.0 Å². The van der Waals surface area contributed by atoms with Crippen LogP contribution in [0.2, 0.25) is 0 Å². The van der Waals surface area contributed by atoms with Crippen LogP contribution in [-0.2, 0) is 11.2 Å². The first-order valence-corrected chi connectivity index (χ1v) is 9.41. The second-order valence-corrected chi connectivity index (χ2v) is 7.02. The van der Waals surface area contributed by atoms with E-state index in [9.17, 15) is 4.79 Å². The van der Waals surface area contributed by atoms with E-state index in [4.69, 9.17) is 4.74 Å². The van der Waals surface area contributed by atoms with Crippen molar-refractivity contribution in [2.75, 3.05) is 33.3 Å². The summed E-state index contributed by atoms with van der Waals surface area (Å²) in [5, 5.41) is 0. The molecule has 0 spiro atoms. The Balaban J connectivity index is 1.45. The van der Waals surface area contributed by atoms with Gasteiger partial charge in [0.2, 0.25) is 5.91 Å². The number of hydrogen-bond acceptors (Lipinski definition) is 3. The Hall–Kier alpha value is -1.55. The van der Waals surface area contributed by atoms with Gasteiger partial charge in [-0.25, -0.2) is 0 Å². The van der Waals surface area contributed by atoms with Crippen LogP contribution in [-0.4, -0.2) is 55.0 Å². The predicted molar refractivity (Wildman–Crippen MR) is 96.3 cm³/mol. The number of para-hydroxylation sites is 1. The maximum atomic E-state index is 12.5. The van der Waals surface area contributed by atoms with Crippen molar-refractivity contribution in [3.05, 3.63) is 29.8 Å². The number of amides is 1. The summed E-state index contributed by atoms with van der Waals surface area (Å²) in [7, 11) is 1.69. The van der Waals surface area contributed by atoms with Crippen LogP contribution < -0.4 is 4.74 Å². The summed E-state index contributed by atoms with van der Waals surface area (Å²) >= 11 is 0. The molecule has 1 heterocycles. The van der Waals surface area contributed by atoms with E-state index in [0.29, 0.717) is 6.42 Å². The molecule has 0 N–H and O–H groups in total. The van der Waals surface area contributed by atoms with Gasteiger partial charge < -0.3 is 9.64 Å². The maximum absolute atomic E-state index is 12.5. The quantitative estimate of drug-likeness (QED) is 0.832. The number of rotatable bonds is 5. The molecule has 132 valence electrons. The highest BCUT2D eigenvalue weighted by Crippen LogP contribution is 2.24. The topological polar surface area (TPSA) is 32.8 Å². The zero-order valence-electron chi connectivity index (χ0n) is 14.9. The molecular formula is C20H30N2O2. The second-order valence-electron chi connectivity index (χ2n) is 7.02. The van der Waals surface area contributed by atoms with Gasteiger partial charge >= 0.3 is 0 Å². The normalized spacial score (nSPS) is 20.1. The van der Waals surface area contributed by atoms with E-state index in [0.717, 1.165) is 50.0 Å². The number of carbonyl (C=O) groups is 1. The van der Waals surface area contributed by atoms with Crippen LogP contribution in [0, 0.1) is 0 Å². The van der Waals surface area contributed by atoms with Crippen LogP contribution in [0.5, 0.6) is 5.75 Å². The lowest BCUT2D eigenvalue weighted by molar-refractivity contribution is -0.133.